The highest BCUT2D eigenvalue weighted by Gasteiger charge is 1.09. The first-order valence-corrected chi connectivity index (χ1v) is 1.53. The van der Waals surface area contributed by atoms with E-state index < -0.39 is 0 Å². The Bertz CT molecular complexity index is 26.5. The Morgan fingerprint density at radius 2 is 1.00 bits per heavy atom. The summed E-state index contributed by atoms with van der Waals surface area (Å²) in [5.41, 5.74) is 0. The number of hydrogen-bond donors (Lipinski definition) is 0. The van der Waals surface area contributed by atoms with E-state index in [0.29, 0.717) is 0 Å². The fourth-order valence-electron chi connectivity index (χ4n) is 0. The van der Waals surface area contributed by atoms with Gasteiger partial charge in [-0.05, 0) is 13.4 Å². The van der Waals surface area contributed by atoms with Crippen LogP contribution in [-0.4, -0.2) is 27.5 Å². The third-order valence-electron chi connectivity index (χ3n) is 0. The maximum Gasteiger partial charge on any atom is 0.0269 e. The fraction of sp³-hybridized carbons (Fsp3) is 0.500. The van der Waals surface area contributed by atoms with Gasteiger partial charge >= 0.3 is 0 Å². The molecule has 0 unspecified atom stereocenters. The van der Waals surface area contributed by atoms with Gasteiger partial charge in [-0.25, -0.2) is 0 Å². The van der Waals surface area contributed by atoms with Crippen LogP contribution in [0.5, 0.6) is 0 Å². The van der Waals surface area contributed by atoms with Gasteiger partial charge in [0.1, 0.15) is 0 Å². The summed E-state index contributed by atoms with van der Waals surface area (Å²) < 4.78 is 0. The molecule has 6 heavy (non-hydrogen) atoms. The Morgan fingerprint density at radius 1 is 1.00 bits per heavy atom. The van der Waals surface area contributed by atoms with Crippen molar-refractivity contribution in [3.8, 4) is 0 Å². The summed E-state index contributed by atoms with van der Waals surface area (Å²) in [5.74, 6) is 0. The quantitative estimate of drug-likeness (QED) is 0.386. The molecule has 0 radical (unpaired) electrons. The standard InChI is InChI=1S/2C2H5N/c2*1-3-2/h2*1H2,2H3. The molecule has 0 spiro atoms. The van der Waals surface area contributed by atoms with Crippen molar-refractivity contribution in [1.29, 1.82) is 0 Å². The predicted octanol–water partition coefficient (Wildman–Crippen LogP) is 0.634. The second-order valence-electron chi connectivity index (χ2n) is 0.632. The average molecular weight is 86.1 g/mol. The Hall–Kier alpha value is -0.660. The Balaban J connectivity index is 0. The van der Waals surface area contributed by atoms with Crippen molar-refractivity contribution in [3.05, 3.63) is 0 Å². The van der Waals surface area contributed by atoms with E-state index in [-0.39, 0.29) is 0 Å². The molecule has 0 bridgehead atoms. The molecule has 0 aromatic carbocycles. The van der Waals surface area contributed by atoms with Crippen LogP contribution in [0.4, 0.5) is 0 Å². The SMILES string of the molecule is C=NC.C=NC. The average Bonchev–Trinajstić information content (AvgIpc) is 1.39. The highest BCUT2D eigenvalue weighted by atomic mass is 14.6. The molecule has 0 fully saturated rings. The molecule has 0 aromatic heterocycles. The lowest BCUT2D eigenvalue weighted by Gasteiger charge is -1.38. The van der Waals surface area contributed by atoms with Gasteiger partial charge in [-0.1, -0.05) is 0 Å². The third-order valence-corrected chi connectivity index (χ3v) is 0. The van der Waals surface area contributed by atoms with Crippen molar-refractivity contribution in [2.75, 3.05) is 14.1 Å². The molecule has 36 valence electrons. The number of rotatable bonds is 0. The Morgan fingerprint density at radius 3 is 1.00 bits per heavy atom. The lowest BCUT2D eigenvalue weighted by atomic mass is 11.4. The Kier molecular flexibility index (Phi) is 40.5. The molecule has 2 nitrogen and oxygen atoms in total. The van der Waals surface area contributed by atoms with Gasteiger partial charge < -0.3 is 9.98 Å². The molecule has 0 aliphatic rings. The van der Waals surface area contributed by atoms with E-state index in [0.717, 1.165) is 0 Å². The van der Waals surface area contributed by atoms with Gasteiger partial charge in [0.25, 0.3) is 0 Å². The van der Waals surface area contributed by atoms with Gasteiger partial charge in [0.05, 0.1) is 0 Å². The van der Waals surface area contributed by atoms with Crippen LogP contribution in [-0.2, 0) is 0 Å². The first kappa shape index (κ1) is 9.02. The van der Waals surface area contributed by atoms with E-state index in [1.54, 1.807) is 14.1 Å². The summed E-state index contributed by atoms with van der Waals surface area (Å²) in [6, 6.07) is 0. The normalized spacial score (nSPS) is 4.33. The van der Waals surface area contributed by atoms with Gasteiger partial charge in [-0.15, -0.1) is 0 Å². The van der Waals surface area contributed by atoms with E-state index in [1.165, 1.54) is 0 Å². The zero-order valence-electron chi connectivity index (χ0n) is 4.31. The van der Waals surface area contributed by atoms with E-state index in [4.69, 9.17) is 0 Å². The van der Waals surface area contributed by atoms with Gasteiger partial charge in [0.2, 0.25) is 0 Å². The monoisotopic (exact) mass is 86.1 g/mol. The molecule has 0 aromatic rings. The van der Waals surface area contributed by atoms with Crippen molar-refractivity contribution in [1.82, 2.24) is 0 Å². The fourth-order valence-corrected chi connectivity index (χ4v) is 0. The smallest absolute Gasteiger partial charge is 0.0269 e. The van der Waals surface area contributed by atoms with Gasteiger partial charge in [-0.3, -0.25) is 0 Å². The Labute approximate surface area is 38.6 Å². The summed E-state index contributed by atoms with van der Waals surface area (Å²) in [4.78, 5) is 6.50. The van der Waals surface area contributed by atoms with Crippen molar-refractivity contribution in [2.45, 2.75) is 0 Å². The molecule has 0 N–H and O–H groups in total. The molecule has 0 amide bonds. The lowest BCUT2D eigenvalue weighted by molar-refractivity contribution is 1.49. The second kappa shape index (κ2) is 27.0. The van der Waals surface area contributed by atoms with E-state index in [9.17, 15) is 0 Å². The molecule has 0 saturated heterocycles. The van der Waals surface area contributed by atoms with Crippen molar-refractivity contribution < 1.29 is 0 Å². The topological polar surface area (TPSA) is 24.7 Å². The van der Waals surface area contributed by atoms with Crippen molar-refractivity contribution in [3.63, 3.8) is 0 Å². The predicted molar refractivity (Wildman–Crippen MR) is 30.9 cm³/mol. The molecule has 0 aliphatic carbocycles. The number of aliphatic imine (C=N–C) groups is 2. The summed E-state index contributed by atoms with van der Waals surface area (Å²) in [5, 5.41) is 0. The van der Waals surface area contributed by atoms with Crippen LogP contribution < -0.4 is 0 Å². The minimum atomic E-state index is 1.64. The molecule has 0 aliphatic heterocycles. The van der Waals surface area contributed by atoms with Crippen LogP contribution in [0.1, 0.15) is 0 Å². The van der Waals surface area contributed by atoms with Gasteiger partial charge in [0, 0.05) is 14.1 Å². The van der Waals surface area contributed by atoms with E-state index >= 15 is 0 Å². The minimum absolute atomic E-state index is 1.64. The van der Waals surface area contributed by atoms with Crippen LogP contribution >= 0.6 is 0 Å². The molecule has 0 atom stereocenters. The molecule has 0 heterocycles. The van der Waals surface area contributed by atoms with Crippen LogP contribution in [0.2, 0.25) is 0 Å². The third kappa shape index (κ3) is 42.0. The van der Waals surface area contributed by atoms with Crippen LogP contribution in [0.3, 0.4) is 0 Å². The number of hydrogen-bond acceptors (Lipinski definition) is 2. The van der Waals surface area contributed by atoms with Crippen LogP contribution in [0, 0.1) is 0 Å². The van der Waals surface area contributed by atoms with Crippen LogP contribution in [0.15, 0.2) is 9.98 Å². The molecule has 0 rings (SSSR count). The van der Waals surface area contributed by atoms with E-state index in [2.05, 4.69) is 23.4 Å². The number of nitrogens with zero attached hydrogens (tertiary/aromatic N) is 2. The lowest BCUT2D eigenvalue weighted by Crippen LogP contribution is -1.26. The summed E-state index contributed by atoms with van der Waals surface area (Å²) in [6.07, 6.45) is 0. The first-order valence-electron chi connectivity index (χ1n) is 1.53. The van der Waals surface area contributed by atoms with E-state index in [1.807, 2.05) is 0 Å². The van der Waals surface area contributed by atoms with Gasteiger partial charge in [0.15, 0.2) is 0 Å². The zero-order valence-corrected chi connectivity index (χ0v) is 4.31. The first-order chi connectivity index (χ1) is 2.83. The maximum atomic E-state index is 3.25. The highest BCUT2D eigenvalue weighted by molar-refractivity contribution is 5.22. The minimum Gasteiger partial charge on any atom is -0.304 e. The molecular weight excluding hydrogens is 76.1 g/mol. The molecular formula is C4H10N2. The van der Waals surface area contributed by atoms with Gasteiger partial charge in [-0.2, -0.15) is 0 Å². The maximum absolute atomic E-state index is 3.25. The summed E-state index contributed by atoms with van der Waals surface area (Å²) >= 11 is 0. The summed E-state index contributed by atoms with van der Waals surface area (Å²) in [7, 11) is 3.28. The van der Waals surface area contributed by atoms with Crippen molar-refractivity contribution in [2.24, 2.45) is 9.98 Å². The molecule has 0 saturated carbocycles. The summed E-state index contributed by atoms with van der Waals surface area (Å²) in [6.45, 7) is 6.22. The largest absolute Gasteiger partial charge is 0.304 e. The highest BCUT2D eigenvalue weighted by Crippen LogP contribution is 1.22. The van der Waals surface area contributed by atoms with Crippen molar-refractivity contribution >= 4 is 13.4 Å². The zero-order chi connectivity index (χ0) is 5.41. The second-order valence-corrected chi connectivity index (χ2v) is 0.632. The molecule has 2 heteroatoms. The van der Waals surface area contributed by atoms with Crippen LogP contribution in [0.25, 0.3) is 0 Å².